The van der Waals surface area contributed by atoms with E-state index in [0.29, 0.717) is 5.92 Å². The van der Waals surface area contributed by atoms with Gasteiger partial charge >= 0.3 is 0 Å². The minimum Gasteiger partial charge on any atom is -0.369 e. The summed E-state index contributed by atoms with van der Waals surface area (Å²) in [6.45, 7) is 9.73. The number of piperidine rings is 1. The van der Waals surface area contributed by atoms with Crippen LogP contribution in [0.3, 0.4) is 0 Å². The Morgan fingerprint density at radius 3 is 2.43 bits per heavy atom. The number of hydrogen-bond donors (Lipinski definition) is 1. The number of likely N-dealkylation sites (tertiary alicyclic amines) is 2. The first kappa shape index (κ1) is 20.8. The normalized spacial score (nSPS) is 24.8. The second-order valence-electron chi connectivity index (χ2n) is 8.93. The van der Waals surface area contributed by atoms with Gasteiger partial charge in [-0.2, -0.15) is 0 Å². The van der Waals surface area contributed by atoms with Crippen LogP contribution in [0.1, 0.15) is 39.2 Å². The molecule has 2 N–H and O–H groups in total. The molecule has 0 spiro atoms. The van der Waals surface area contributed by atoms with E-state index in [1.165, 1.54) is 5.56 Å². The van der Waals surface area contributed by atoms with E-state index in [9.17, 15) is 9.59 Å². The summed E-state index contributed by atoms with van der Waals surface area (Å²) in [6.07, 6.45) is 3.28. The quantitative estimate of drug-likeness (QED) is 0.784. The van der Waals surface area contributed by atoms with E-state index in [4.69, 9.17) is 5.73 Å². The first-order valence-corrected chi connectivity index (χ1v) is 10.7. The molecule has 2 amide bonds. The summed E-state index contributed by atoms with van der Waals surface area (Å²) in [4.78, 5) is 29.7. The second-order valence-corrected chi connectivity index (χ2v) is 8.93. The van der Waals surface area contributed by atoms with Crippen LogP contribution in [0, 0.1) is 23.7 Å². The summed E-state index contributed by atoms with van der Waals surface area (Å²) in [6, 6.07) is 10.9. The van der Waals surface area contributed by atoms with Crippen LogP contribution in [0.2, 0.25) is 0 Å². The Balaban J connectivity index is 1.65. The molecule has 3 rings (SSSR count). The Morgan fingerprint density at radius 2 is 1.79 bits per heavy atom. The molecule has 5 nitrogen and oxygen atoms in total. The Labute approximate surface area is 169 Å². The highest BCUT2D eigenvalue weighted by atomic mass is 16.2. The third-order valence-corrected chi connectivity index (χ3v) is 6.78. The van der Waals surface area contributed by atoms with Crippen LogP contribution in [-0.2, 0) is 16.0 Å². The summed E-state index contributed by atoms with van der Waals surface area (Å²) >= 11 is 0. The summed E-state index contributed by atoms with van der Waals surface area (Å²) in [5, 5.41) is 0. The maximum absolute atomic E-state index is 13.4. The smallest absolute Gasteiger partial charge is 0.227 e. The number of benzene rings is 1. The highest BCUT2D eigenvalue weighted by molar-refractivity contribution is 5.87. The largest absolute Gasteiger partial charge is 0.369 e. The lowest BCUT2D eigenvalue weighted by molar-refractivity contribution is -0.144. The molecule has 5 heteroatoms. The number of carbonyl (C=O) groups excluding carboxylic acids is 2. The highest BCUT2D eigenvalue weighted by Gasteiger charge is 2.44. The molecule has 1 aromatic carbocycles. The van der Waals surface area contributed by atoms with Gasteiger partial charge in [0, 0.05) is 31.6 Å². The zero-order valence-corrected chi connectivity index (χ0v) is 17.5. The molecule has 0 aromatic heterocycles. The fourth-order valence-electron chi connectivity index (χ4n) is 5.06. The molecule has 2 aliphatic heterocycles. The third kappa shape index (κ3) is 4.57. The summed E-state index contributed by atoms with van der Waals surface area (Å²) in [7, 11) is 0. The van der Waals surface area contributed by atoms with Crippen molar-refractivity contribution in [3.8, 4) is 0 Å². The number of rotatable bonds is 7. The van der Waals surface area contributed by atoms with Gasteiger partial charge in [-0.05, 0) is 43.2 Å². The molecule has 2 unspecified atom stereocenters. The topological polar surface area (TPSA) is 66.6 Å². The van der Waals surface area contributed by atoms with Gasteiger partial charge in [-0.25, -0.2) is 0 Å². The van der Waals surface area contributed by atoms with Gasteiger partial charge in [-0.3, -0.25) is 9.59 Å². The minimum atomic E-state index is -0.427. The number of hydrogen-bond acceptors (Lipinski definition) is 3. The SMILES string of the molecule is CC(C)[C@H](C(=O)N1CC[C@H]2CCN(CCc3ccccc3)CC21)C(C)C(N)=O. The first-order valence-electron chi connectivity index (χ1n) is 10.7. The Morgan fingerprint density at radius 1 is 1.11 bits per heavy atom. The highest BCUT2D eigenvalue weighted by Crippen LogP contribution is 2.35. The lowest BCUT2D eigenvalue weighted by atomic mass is 9.82. The maximum Gasteiger partial charge on any atom is 0.227 e. The van der Waals surface area contributed by atoms with E-state index in [1.54, 1.807) is 6.92 Å². The first-order chi connectivity index (χ1) is 13.4. The summed E-state index contributed by atoms with van der Waals surface area (Å²) < 4.78 is 0. The standard InChI is InChI=1S/C23H35N3O2/c1-16(2)21(17(3)22(24)27)23(28)26-14-11-19-10-13-25(15-20(19)26)12-9-18-7-5-4-6-8-18/h4-8,16-17,19-21H,9-15H2,1-3H3,(H2,24,27)/t17?,19-,20?,21+/m1/s1. The fourth-order valence-corrected chi connectivity index (χ4v) is 5.06. The van der Waals surface area contributed by atoms with Gasteiger partial charge in [0.25, 0.3) is 0 Å². The van der Waals surface area contributed by atoms with Crippen LogP contribution in [0.5, 0.6) is 0 Å². The molecule has 2 saturated heterocycles. The van der Waals surface area contributed by atoms with Crippen LogP contribution >= 0.6 is 0 Å². The molecule has 2 aliphatic rings. The molecule has 28 heavy (non-hydrogen) atoms. The third-order valence-electron chi connectivity index (χ3n) is 6.78. The maximum atomic E-state index is 13.4. The zero-order chi connectivity index (χ0) is 20.3. The van der Waals surface area contributed by atoms with Crippen molar-refractivity contribution < 1.29 is 9.59 Å². The lowest BCUT2D eigenvalue weighted by Gasteiger charge is -2.40. The molecule has 0 saturated carbocycles. The number of amides is 2. The molecular weight excluding hydrogens is 350 g/mol. The van der Waals surface area contributed by atoms with Crippen LogP contribution in [0.15, 0.2) is 30.3 Å². The molecule has 0 aliphatic carbocycles. The molecule has 0 radical (unpaired) electrons. The van der Waals surface area contributed by atoms with Crippen molar-refractivity contribution in [2.75, 3.05) is 26.2 Å². The van der Waals surface area contributed by atoms with Crippen LogP contribution in [-0.4, -0.2) is 53.8 Å². The summed E-state index contributed by atoms with van der Waals surface area (Å²) in [5.41, 5.74) is 6.90. The predicted octanol–water partition coefficient (Wildman–Crippen LogP) is 2.55. The fraction of sp³-hybridized carbons (Fsp3) is 0.652. The van der Waals surface area contributed by atoms with Crippen LogP contribution in [0.25, 0.3) is 0 Å². The van der Waals surface area contributed by atoms with E-state index in [2.05, 4.69) is 40.1 Å². The molecular formula is C23H35N3O2. The Bertz CT molecular complexity index is 676. The molecule has 2 heterocycles. The van der Waals surface area contributed by atoms with Crippen molar-refractivity contribution >= 4 is 11.8 Å². The van der Waals surface area contributed by atoms with Crippen molar-refractivity contribution in [3.63, 3.8) is 0 Å². The minimum absolute atomic E-state index is 0.104. The number of fused-ring (bicyclic) bond motifs is 1. The molecule has 1 aromatic rings. The number of nitrogens with two attached hydrogens (primary N) is 1. The Hall–Kier alpha value is -1.88. The molecule has 2 fully saturated rings. The van der Waals surface area contributed by atoms with Crippen molar-refractivity contribution in [2.24, 2.45) is 29.4 Å². The monoisotopic (exact) mass is 385 g/mol. The van der Waals surface area contributed by atoms with E-state index in [1.807, 2.05) is 13.8 Å². The molecule has 0 bridgehead atoms. The van der Waals surface area contributed by atoms with Gasteiger partial charge in [-0.1, -0.05) is 51.1 Å². The molecule has 154 valence electrons. The van der Waals surface area contributed by atoms with E-state index in [0.717, 1.165) is 45.4 Å². The lowest BCUT2D eigenvalue weighted by Crippen LogP contribution is -2.53. The van der Waals surface area contributed by atoms with Gasteiger partial charge in [-0.15, -0.1) is 0 Å². The zero-order valence-electron chi connectivity index (χ0n) is 17.5. The van der Waals surface area contributed by atoms with Gasteiger partial charge in [0.1, 0.15) is 0 Å². The van der Waals surface area contributed by atoms with Crippen molar-refractivity contribution in [1.29, 1.82) is 0 Å². The van der Waals surface area contributed by atoms with Crippen LogP contribution in [0.4, 0.5) is 0 Å². The van der Waals surface area contributed by atoms with Crippen molar-refractivity contribution in [2.45, 2.75) is 46.1 Å². The van der Waals surface area contributed by atoms with Gasteiger partial charge in [0.2, 0.25) is 11.8 Å². The average Bonchev–Trinajstić information content (AvgIpc) is 3.10. The predicted molar refractivity (Wildman–Crippen MR) is 111 cm³/mol. The van der Waals surface area contributed by atoms with Crippen molar-refractivity contribution in [3.05, 3.63) is 35.9 Å². The van der Waals surface area contributed by atoms with E-state index < -0.39 is 5.92 Å². The van der Waals surface area contributed by atoms with Gasteiger partial charge in [0.05, 0.1) is 5.92 Å². The molecule has 4 atom stereocenters. The average molecular weight is 386 g/mol. The van der Waals surface area contributed by atoms with E-state index in [-0.39, 0.29) is 29.7 Å². The second kappa shape index (κ2) is 9.08. The van der Waals surface area contributed by atoms with E-state index >= 15 is 0 Å². The van der Waals surface area contributed by atoms with Crippen molar-refractivity contribution in [1.82, 2.24) is 9.80 Å². The Kier molecular flexibility index (Phi) is 6.76. The van der Waals surface area contributed by atoms with Crippen LogP contribution < -0.4 is 5.73 Å². The van der Waals surface area contributed by atoms with Gasteiger partial charge in [0.15, 0.2) is 0 Å². The number of primary amides is 1. The number of nitrogens with zero attached hydrogens (tertiary/aromatic N) is 2. The number of carbonyl (C=O) groups is 2. The summed E-state index contributed by atoms with van der Waals surface area (Å²) in [5.74, 6) is -0.310. The van der Waals surface area contributed by atoms with Gasteiger partial charge < -0.3 is 15.5 Å².